The Morgan fingerprint density at radius 3 is 2.67 bits per heavy atom. The first-order valence-electron chi connectivity index (χ1n) is 9.58. The van der Waals surface area contributed by atoms with Crippen LogP contribution in [0, 0.1) is 0 Å². The number of aryl methyl sites for hydroxylation is 1. The van der Waals surface area contributed by atoms with Gasteiger partial charge in [-0.2, -0.15) is 0 Å². The number of unbranched alkanes of at least 4 members (excludes halogenated alkanes) is 2. The molecule has 0 radical (unpaired) electrons. The first-order valence-corrected chi connectivity index (χ1v) is 9.58. The summed E-state index contributed by atoms with van der Waals surface area (Å²) in [4.78, 5) is 5.32. The maximum absolute atomic E-state index is 5.99. The average Bonchev–Trinajstić information content (AvgIpc) is 3.20. The number of oxime groups is 1. The smallest absolute Gasteiger partial charge is 0.161 e. The van der Waals surface area contributed by atoms with Crippen LogP contribution < -0.4 is 15.2 Å². The van der Waals surface area contributed by atoms with E-state index >= 15 is 0 Å². The summed E-state index contributed by atoms with van der Waals surface area (Å²) in [6, 6.07) is 16.5. The summed E-state index contributed by atoms with van der Waals surface area (Å²) in [5.74, 6) is 1.48. The van der Waals surface area contributed by atoms with E-state index in [0.29, 0.717) is 13.2 Å². The number of nitrogens with two attached hydrogens (primary N) is 1. The van der Waals surface area contributed by atoms with Crippen molar-refractivity contribution in [2.24, 2.45) is 10.9 Å². The highest BCUT2D eigenvalue weighted by molar-refractivity contribution is 6.01. The van der Waals surface area contributed by atoms with E-state index in [1.807, 2.05) is 18.2 Å². The van der Waals surface area contributed by atoms with E-state index in [0.717, 1.165) is 48.5 Å². The number of benzene rings is 2. The minimum absolute atomic E-state index is 0.0314. The van der Waals surface area contributed by atoms with Gasteiger partial charge in [-0.15, -0.1) is 0 Å². The Morgan fingerprint density at radius 2 is 1.93 bits per heavy atom. The molecule has 1 aliphatic heterocycles. The van der Waals surface area contributed by atoms with Gasteiger partial charge in [0.05, 0.1) is 19.4 Å². The Balaban J connectivity index is 1.48. The minimum atomic E-state index is -0.0314. The van der Waals surface area contributed by atoms with Gasteiger partial charge < -0.3 is 20.0 Å². The predicted molar refractivity (Wildman–Crippen MR) is 108 cm³/mol. The number of nitrogens with zero attached hydrogens (tertiary/aromatic N) is 1. The van der Waals surface area contributed by atoms with Gasteiger partial charge in [0.25, 0.3) is 0 Å². The fraction of sp³-hybridized carbons (Fsp3) is 0.409. The highest BCUT2D eigenvalue weighted by atomic mass is 16.6. The van der Waals surface area contributed by atoms with E-state index in [1.165, 1.54) is 12.0 Å². The number of rotatable bonds is 10. The maximum atomic E-state index is 5.99. The van der Waals surface area contributed by atoms with Crippen LogP contribution in [0.3, 0.4) is 0 Å². The molecule has 3 rings (SSSR count). The zero-order chi connectivity index (χ0) is 18.9. The zero-order valence-corrected chi connectivity index (χ0v) is 15.9. The fourth-order valence-electron chi connectivity index (χ4n) is 3.13. The van der Waals surface area contributed by atoms with E-state index in [-0.39, 0.29) is 6.10 Å². The number of ether oxygens (including phenoxy) is 2. The lowest BCUT2D eigenvalue weighted by atomic mass is 10.0. The van der Waals surface area contributed by atoms with E-state index < -0.39 is 0 Å². The molecule has 0 fully saturated rings. The second-order valence-corrected chi connectivity index (χ2v) is 6.72. The summed E-state index contributed by atoms with van der Waals surface area (Å²) in [7, 11) is 1.66. The molecule has 2 aromatic rings. The second kappa shape index (κ2) is 9.97. The first-order chi connectivity index (χ1) is 13.3. The van der Waals surface area contributed by atoms with Crippen LogP contribution in [-0.2, 0) is 11.3 Å². The van der Waals surface area contributed by atoms with Crippen molar-refractivity contribution in [1.29, 1.82) is 0 Å². The van der Waals surface area contributed by atoms with Gasteiger partial charge in [-0.1, -0.05) is 35.5 Å². The molecule has 0 bridgehead atoms. The van der Waals surface area contributed by atoms with Crippen molar-refractivity contribution in [2.45, 2.75) is 38.2 Å². The van der Waals surface area contributed by atoms with Gasteiger partial charge >= 0.3 is 0 Å². The molecule has 1 unspecified atom stereocenters. The molecule has 2 N–H and O–H groups in total. The maximum Gasteiger partial charge on any atom is 0.161 e. The van der Waals surface area contributed by atoms with Crippen LogP contribution in [0.1, 0.15) is 36.8 Å². The van der Waals surface area contributed by atoms with Crippen LogP contribution in [0.25, 0.3) is 0 Å². The zero-order valence-electron chi connectivity index (χ0n) is 15.9. The van der Waals surface area contributed by atoms with E-state index in [9.17, 15) is 0 Å². The predicted octanol–water partition coefficient (Wildman–Crippen LogP) is 3.94. The molecule has 0 amide bonds. The molecule has 5 nitrogen and oxygen atoms in total. The third-order valence-corrected chi connectivity index (χ3v) is 4.70. The summed E-state index contributed by atoms with van der Waals surface area (Å²) in [5.41, 5.74) is 8.94. The Morgan fingerprint density at radius 1 is 1.07 bits per heavy atom. The van der Waals surface area contributed by atoms with Gasteiger partial charge in [-0.25, -0.2) is 0 Å². The van der Waals surface area contributed by atoms with E-state index in [2.05, 4.69) is 35.5 Å². The molecule has 144 valence electrons. The molecule has 1 aliphatic rings. The second-order valence-electron chi connectivity index (χ2n) is 6.72. The number of hydrogen-bond donors (Lipinski definition) is 1. The standard InChI is InChI=1S/C22H28N2O3/c1-25-21-12-11-18(20-15-19(16-23)27-24-20)14-22(21)26-13-7-3-6-10-17-8-4-2-5-9-17/h2,4-5,8-9,11-12,14,19H,3,6-7,10,13,15-16,23H2,1H3. The molecule has 0 saturated heterocycles. The lowest BCUT2D eigenvalue weighted by Gasteiger charge is -2.12. The fourth-order valence-corrected chi connectivity index (χ4v) is 3.13. The van der Waals surface area contributed by atoms with Crippen molar-refractivity contribution >= 4 is 5.71 Å². The minimum Gasteiger partial charge on any atom is -0.493 e. The molecular weight excluding hydrogens is 340 g/mol. The summed E-state index contributed by atoms with van der Waals surface area (Å²) in [5, 5.41) is 4.14. The molecule has 2 aromatic carbocycles. The SMILES string of the molecule is COc1ccc(C2=NOC(CN)C2)cc1OCCCCCc1ccccc1. The normalized spacial score (nSPS) is 15.9. The van der Waals surface area contributed by atoms with E-state index in [4.69, 9.17) is 20.0 Å². The van der Waals surface area contributed by atoms with E-state index in [1.54, 1.807) is 7.11 Å². The molecule has 1 heterocycles. The van der Waals surface area contributed by atoms with Crippen molar-refractivity contribution in [1.82, 2.24) is 0 Å². The molecule has 0 aromatic heterocycles. The molecule has 5 heteroatoms. The lowest BCUT2D eigenvalue weighted by molar-refractivity contribution is 0.0918. The third-order valence-electron chi connectivity index (χ3n) is 4.70. The highest BCUT2D eigenvalue weighted by Crippen LogP contribution is 2.30. The molecule has 27 heavy (non-hydrogen) atoms. The quantitative estimate of drug-likeness (QED) is 0.645. The summed E-state index contributed by atoms with van der Waals surface area (Å²) in [6.07, 6.45) is 5.12. The monoisotopic (exact) mass is 368 g/mol. The Labute approximate surface area is 161 Å². The highest BCUT2D eigenvalue weighted by Gasteiger charge is 2.21. The summed E-state index contributed by atoms with van der Waals surface area (Å²) < 4.78 is 11.4. The van der Waals surface area contributed by atoms with Crippen molar-refractivity contribution in [2.75, 3.05) is 20.3 Å². The van der Waals surface area contributed by atoms with Crippen LogP contribution in [0.2, 0.25) is 0 Å². The topological polar surface area (TPSA) is 66.1 Å². The van der Waals surface area contributed by atoms with Crippen LogP contribution in [-0.4, -0.2) is 32.1 Å². The van der Waals surface area contributed by atoms with Gasteiger partial charge in [0.1, 0.15) is 6.10 Å². The van der Waals surface area contributed by atoms with Crippen LogP contribution in [0.4, 0.5) is 0 Å². The first kappa shape index (κ1) is 19.2. The largest absolute Gasteiger partial charge is 0.493 e. The van der Waals surface area contributed by atoms with Gasteiger partial charge in [-0.05, 0) is 49.4 Å². The summed E-state index contributed by atoms with van der Waals surface area (Å²) in [6.45, 7) is 1.14. The molecule has 1 atom stereocenters. The van der Waals surface area contributed by atoms with Crippen molar-refractivity contribution in [3.8, 4) is 11.5 Å². The van der Waals surface area contributed by atoms with Gasteiger partial charge in [0.2, 0.25) is 0 Å². The Kier molecular flexibility index (Phi) is 7.11. The van der Waals surface area contributed by atoms with Crippen molar-refractivity contribution in [3.63, 3.8) is 0 Å². The Bertz CT molecular complexity index is 746. The van der Waals surface area contributed by atoms with Crippen LogP contribution in [0.5, 0.6) is 11.5 Å². The van der Waals surface area contributed by atoms with Crippen molar-refractivity contribution < 1.29 is 14.3 Å². The van der Waals surface area contributed by atoms with Crippen LogP contribution >= 0.6 is 0 Å². The molecule has 0 saturated carbocycles. The van der Waals surface area contributed by atoms with Crippen LogP contribution in [0.15, 0.2) is 53.7 Å². The number of methoxy groups -OCH3 is 1. The molecular formula is C22H28N2O3. The number of hydrogen-bond acceptors (Lipinski definition) is 5. The molecule has 0 spiro atoms. The lowest BCUT2D eigenvalue weighted by Crippen LogP contribution is -2.20. The van der Waals surface area contributed by atoms with Gasteiger partial charge in [0, 0.05) is 18.5 Å². The van der Waals surface area contributed by atoms with Crippen molar-refractivity contribution in [3.05, 3.63) is 59.7 Å². The molecule has 0 aliphatic carbocycles. The third kappa shape index (κ3) is 5.47. The average molecular weight is 368 g/mol. The van der Waals surface area contributed by atoms with Gasteiger partial charge in [-0.3, -0.25) is 0 Å². The summed E-state index contributed by atoms with van der Waals surface area (Å²) >= 11 is 0. The van der Waals surface area contributed by atoms with Gasteiger partial charge in [0.15, 0.2) is 11.5 Å². The Hall–Kier alpha value is -2.53.